The Hall–Kier alpha value is -1.85. The van der Waals surface area contributed by atoms with Crippen molar-refractivity contribution in [3.8, 4) is 0 Å². The molecule has 0 bridgehead atoms. The lowest BCUT2D eigenvalue weighted by molar-refractivity contribution is -0.121. The van der Waals surface area contributed by atoms with Crippen molar-refractivity contribution in [1.29, 1.82) is 0 Å². The number of thiocarbonyl (C=S) groups is 1. The fraction of sp³-hybridized carbons (Fsp3) is 0.176. The SMILES string of the molecule is C=CCN1C(=O)C(=CC=Cc2ccc(N(C)C)cc2)SC1=S. The van der Waals surface area contributed by atoms with Crippen molar-refractivity contribution in [2.24, 2.45) is 0 Å². The number of hydrogen-bond acceptors (Lipinski definition) is 4. The van der Waals surface area contributed by atoms with Gasteiger partial charge in [0.25, 0.3) is 5.91 Å². The Morgan fingerprint density at radius 2 is 2.00 bits per heavy atom. The third-order valence-corrected chi connectivity index (χ3v) is 4.53. The lowest BCUT2D eigenvalue weighted by Crippen LogP contribution is -2.27. The molecule has 0 aliphatic carbocycles. The molecule has 2 rings (SSSR count). The van der Waals surface area contributed by atoms with E-state index in [9.17, 15) is 4.79 Å². The van der Waals surface area contributed by atoms with Crippen LogP contribution in [0, 0.1) is 0 Å². The van der Waals surface area contributed by atoms with E-state index in [1.807, 2.05) is 44.5 Å². The van der Waals surface area contributed by atoms with Crippen LogP contribution < -0.4 is 4.90 Å². The van der Waals surface area contributed by atoms with E-state index in [0.717, 1.165) is 11.3 Å². The van der Waals surface area contributed by atoms with Crippen molar-refractivity contribution < 1.29 is 4.79 Å². The maximum absolute atomic E-state index is 12.1. The van der Waals surface area contributed by atoms with Gasteiger partial charge in [0.1, 0.15) is 4.32 Å². The second kappa shape index (κ2) is 7.42. The first kappa shape index (κ1) is 16.5. The van der Waals surface area contributed by atoms with Gasteiger partial charge in [-0.05, 0) is 23.8 Å². The molecule has 1 aromatic rings. The molecule has 0 radical (unpaired) electrons. The summed E-state index contributed by atoms with van der Waals surface area (Å²) in [5.74, 6) is -0.0532. The summed E-state index contributed by atoms with van der Waals surface area (Å²) in [5, 5.41) is 0. The van der Waals surface area contributed by atoms with Crippen LogP contribution >= 0.6 is 24.0 Å². The summed E-state index contributed by atoms with van der Waals surface area (Å²) in [4.78, 5) is 16.4. The van der Waals surface area contributed by atoms with Crippen molar-refractivity contribution in [2.75, 3.05) is 25.5 Å². The highest BCUT2D eigenvalue weighted by atomic mass is 32.2. The summed E-state index contributed by atoms with van der Waals surface area (Å²) in [6.45, 7) is 4.10. The lowest BCUT2D eigenvalue weighted by Gasteiger charge is -2.11. The van der Waals surface area contributed by atoms with Crippen molar-refractivity contribution in [3.63, 3.8) is 0 Å². The van der Waals surface area contributed by atoms with E-state index in [2.05, 4.69) is 23.6 Å². The van der Waals surface area contributed by atoms with Gasteiger partial charge in [0.05, 0.1) is 4.91 Å². The molecule has 0 saturated carbocycles. The predicted molar refractivity (Wildman–Crippen MR) is 100.0 cm³/mol. The molecule has 1 heterocycles. The number of carbonyl (C=O) groups excluding carboxylic acids is 1. The van der Waals surface area contributed by atoms with E-state index in [1.165, 1.54) is 11.8 Å². The molecule has 22 heavy (non-hydrogen) atoms. The first-order valence-electron chi connectivity index (χ1n) is 6.83. The molecule has 3 nitrogen and oxygen atoms in total. The molecule has 1 saturated heterocycles. The van der Waals surface area contributed by atoms with Gasteiger partial charge in [0.15, 0.2) is 0 Å². The van der Waals surface area contributed by atoms with Gasteiger partial charge in [0, 0.05) is 26.3 Å². The lowest BCUT2D eigenvalue weighted by atomic mass is 10.2. The normalized spacial score (nSPS) is 16.8. The van der Waals surface area contributed by atoms with E-state index in [4.69, 9.17) is 12.2 Å². The van der Waals surface area contributed by atoms with E-state index in [-0.39, 0.29) is 5.91 Å². The molecular weight excluding hydrogens is 312 g/mol. The number of hydrogen-bond donors (Lipinski definition) is 0. The molecule has 0 spiro atoms. The Balaban J connectivity index is 2.06. The van der Waals surface area contributed by atoms with Gasteiger partial charge < -0.3 is 4.90 Å². The van der Waals surface area contributed by atoms with Crippen LogP contribution in [-0.4, -0.2) is 35.8 Å². The second-order valence-electron chi connectivity index (χ2n) is 4.95. The van der Waals surface area contributed by atoms with E-state index < -0.39 is 0 Å². The minimum Gasteiger partial charge on any atom is -0.378 e. The summed E-state index contributed by atoms with van der Waals surface area (Å²) in [6.07, 6.45) is 7.34. The first-order valence-corrected chi connectivity index (χ1v) is 8.05. The number of thioether (sulfide) groups is 1. The Kier molecular flexibility index (Phi) is 5.57. The highest BCUT2D eigenvalue weighted by Crippen LogP contribution is 2.30. The molecule has 0 aromatic heterocycles. The minimum absolute atomic E-state index is 0.0532. The van der Waals surface area contributed by atoms with Crippen LogP contribution in [0.1, 0.15) is 5.56 Å². The number of amides is 1. The fourth-order valence-electron chi connectivity index (χ4n) is 1.93. The number of carbonyl (C=O) groups is 1. The van der Waals surface area contributed by atoms with Crippen LogP contribution in [0.5, 0.6) is 0 Å². The summed E-state index contributed by atoms with van der Waals surface area (Å²) in [5.41, 5.74) is 2.24. The molecule has 1 aliphatic rings. The van der Waals surface area contributed by atoms with Crippen molar-refractivity contribution >= 4 is 46.0 Å². The Labute approximate surface area is 141 Å². The summed E-state index contributed by atoms with van der Waals surface area (Å²) < 4.78 is 0.583. The number of allylic oxidation sites excluding steroid dienone is 2. The second-order valence-corrected chi connectivity index (χ2v) is 6.62. The van der Waals surface area contributed by atoms with E-state index in [1.54, 1.807) is 11.0 Å². The average molecular weight is 330 g/mol. The zero-order valence-electron chi connectivity index (χ0n) is 12.7. The molecule has 114 valence electrons. The van der Waals surface area contributed by atoms with E-state index in [0.29, 0.717) is 15.8 Å². The van der Waals surface area contributed by atoms with Crippen LogP contribution in [0.2, 0.25) is 0 Å². The number of nitrogens with zero attached hydrogens (tertiary/aromatic N) is 2. The van der Waals surface area contributed by atoms with Crippen molar-refractivity contribution in [2.45, 2.75) is 0 Å². The third-order valence-electron chi connectivity index (χ3n) is 3.13. The molecule has 0 atom stereocenters. The van der Waals surface area contributed by atoms with Gasteiger partial charge in [-0.1, -0.05) is 54.3 Å². The summed E-state index contributed by atoms with van der Waals surface area (Å²) in [6, 6.07) is 8.21. The maximum Gasteiger partial charge on any atom is 0.266 e. The van der Waals surface area contributed by atoms with E-state index >= 15 is 0 Å². The highest BCUT2D eigenvalue weighted by Gasteiger charge is 2.30. The largest absolute Gasteiger partial charge is 0.378 e. The topological polar surface area (TPSA) is 23.6 Å². The molecule has 1 aromatic carbocycles. The predicted octanol–water partition coefficient (Wildman–Crippen LogP) is 3.70. The Bertz CT molecular complexity index is 645. The van der Waals surface area contributed by atoms with Gasteiger partial charge >= 0.3 is 0 Å². The van der Waals surface area contributed by atoms with Crippen LogP contribution in [0.3, 0.4) is 0 Å². The number of rotatable bonds is 5. The van der Waals surface area contributed by atoms with Crippen LogP contribution in [0.25, 0.3) is 6.08 Å². The van der Waals surface area contributed by atoms with Gasteiger partial charge in [-0.25, -0.2) is 0 Å². The number of anilines is 1. The quantitative estimate of drug-likeness (QED) is 0.467. The molecular formula is C17H18N2OS2. The first-order chi connectivity index (χ1) is 10.5. The molecule has 0 unspecified atom stereocenters. The summed E-state index contributed by atoms with van der Waals surface area (Å²) >= 11 is 6.52. The third kappa shape index (κ3) is 3.87. The van der Waals surface area contributed by atoms with Gasteiger partial charge in [0.2, 0.25) is 0 Å². The Morgan fingerprint density at radius 1 is 1.32 bits per heavy atom. The van der Waals surface area contributed by atoms with Crippen LogP contribution in [-0.2, 0) is 4.79 Å². The molecule has 0 N–H and O–H groups in total. The zero-order valence-corrected chi connectivity index (χ0v) is 14.3. The molecule has 5 heteroatoms. The number of benzene rings is 1. The fourth-order valence-corrected chi connectivity index (χ4v) is 3.16. The zero-order chi connectivity index (χ0) is 16.1. The monoisotopic (exact) mass is 330 g/mol. The van der Waals surface area contributed by atoms with Gasteiger partial charge in [-0.2, -0.15) is 0 Å². The maximum atomic E-state index is 12.1. The summed E-state index contributed by atoms with van der Waals surface area (Å²) in [7, 11) is 4.02. The van der Waals surface area contributed by atoms with Gasteiger partial charge in [-0.15, -0.1) is 6.58 Å². The smallest absolute Gasteiger partial charge is 0.266 e. The standard InChI is InChI=1S/C17H18N2OS2/c1-4-12-19-16(20)15(22-17(19)21)7-5-6-13-8-10-14(11-9-13)18(2)3/h4-11H,1,12H2,2-3H3. The minimum atomic E-state index is -0.0532. The molecule has 1 fully saturated rings. The van der Waals surface area contributed by atoms with Crippen LogP contribution in [0.15, 0.2) is 54.0 Å². The molecule has 1 aliphatic heterocycles. The highest BCUT2D eigenvalue weighted by molar-refractivity contribution is 8.26. The molecule has 1 amide bonds. The van der Waals surface area contributed by atoms with Gasteiger partial charge in [-0.3, -0.25) is 9.69 Å². The van der Waals surface area contributed by atoms with Crippen LogP contribution in [0.4, 0.5) is 5.69 Å². The average Bonchev–Trinajstić information content (AvgIpc) is 2.76. The van der Waals surface area contributed by atoms with Crippen molar-refractivity contribution in [1.82, 2.24) is 4.90 Å². The Morgan fingerprint density at radius 3 is 2.59 bits per heavy atom. The van der Waals surface area contributed by atoms with Crippen molar-refractivity contribution in [3.05, 3.63) is 59.5 Å².